The Balaban J connectivity index is 1.50. The molecule has 0 radical (unpaired) electrons. The molecule has 2 saturated carbocycles. The van der Waals surface area contributed by atoms with Crippen molar-refractivity contribution in [2.24, 2.45) is 0 Å². The third kappa shape index (κ3) is 3.08. The summed E-state index contributed by atoms with van der Waals surface area (Å²) in [5.41, 5.74) is 1.60. The van der Waals surface area contributed by atoms with E-state index in [0.717, 1.165) is 24.2 Å². The van der Waals surface area contributed by atoms with Gasteiger partial charge in [0.05, 0.1) is 0 Å². The molecule has 0 aliphatic heterocycles. The highest BCUT2D eigenvalue weighted by Crippen LogP contribution is 2.25. The summed E-state index contributed by atoms with van der Waals surface area (Å²) in [7, 11) is 0. The summed E-state index contributed by atoms with van der Waals surface area (Å²) in [5, 5.41) is 6.36. The predicted molar refractivity (Wildman–Crippen MR) is 84.6 cm³/mol. The van der Waals surface area contributed by atoms with Crippen molar-refractivity contribution in [3.8, 4) is 11.4 Å². The number of nitrogens with one attached hydrogen (secondary N) is 2. The summed E-state index contributed by atoms with van der Waals surface area (Å²) in [6.07, 6.45) is 6.38. The maximum Gasteiger partial charge on any atom is 0.251 e. The van der Waals surface area contributed by atoms with Crippen LogP contribution in [0.4, 0.5) is 5.82 Å². The van der Waals surface area contributed by atoms with E-state index < -0.39 is 0 Å². The molecule has 1 aromatic carbocycles. The van der Waals surface area contributed by atoms with Crippen molar-refractivity contribution in [1.29, 1.82) is 0 Å². The summed E-state index contributed by atoms with van der Waals surface area (Å²) in [5.74, 6) is 1.54. The first-order valence-corrected chi connectivity index (χ1v) is 7.79. The second-order valence-corrected chi connectivity index (χ2v) is 6.01. The standard InChI is InChI=1S/C17H18N4O/c22-17(20-14-7-8-14)12-3-1-11(2-4-12)16-18-10-9-15(21-16)19-13-5-6-13/h1-4,9-10,13-14H,5-8H2,(H,20,22)(H,18,19,21). The monoisotopic (exact) mass is 294 g/mol. The number of carbonyl (C=O) groups is 1. The Labute approximate surface area is 129 Å². The molecule has 0 saturated heterocycles. The lowest BCUT2D eigenvalue weighted by Crippen LogP contribution is -2.25. The van der Waals surface area contributed by atoms with Gasteiger partial charge in [0.2, 0.25) is 0 Å². The van der Waals surface area contributed by atoms with Crippen LogP contribution in [-0.4, -0.2) is 28.0 Å². The molecule has 2 N–H and O–H groups in total. The third-order valence-corrected chi connectivity index (χ3v) is 3.90. The minimum absolute atomic E-state index is 0.000816. The lowest BCUT2D eigenvalue weighted by Gasteiger charge is -2.07. The molecule has 1 amide bonds. The van der Waals surface area contributed by atoms with E-state index in [-0.39, 0.29) is 5.91 Å². The Morgan fingerprint density at radius 2 is 1.73 bits per heavy atom. The van der Waals surface area contributed by atoms with E-state index in [1.165, 1.54) is 12.8 Å². The largest absolute Gasteiger partial charge is 0.367 e. The highest BCUT2D eigenvalue weighted by molar-refractivity contribution is 5.94. The van der Waals surface area contributed by atoms with Gasteiger partial charge in [0, 0.05) is 29.4 Å². The van der Waals surface area contributed by atoms with Crippen molar-refractivity contribution in [3.05, 3.63) is 42.1 Å². The Morgan fingerprint density at radius 1 is 1.00 bits per heavy atom. The molecule has 2 fully saturated rings. The number of hydrogen-bond donors (Lipinski definition) is 2. The van der Waals surface area contributed by atoms with Crippen LogP contribution in [0.15, 0.2) is 36.5 Å². The summed E-state index contributed by atoms with van der Waals surface area (Å²) >= 11 is 0. The van der Waals surface area contributed by atoms with Crippen LogP contribution in [0.5, 0.6) is 0 Å². The van der Waals surface area contributed by atoms with E-state index in [1.807, 2.05) is 30.3 Å². The Morgan fingerprint density at radius 3 is 2.41 bits per heavy atom. The second kappa shape index (κ2) is 5.40. The number of benzene rings is 1. The number of rotatable bonds is 5. The second-order valence-electron chi connectivity index (χ2n) is 6.01. The van der Waals surface area contributed by atoms with Gasteiger partial charge in [-0.2, -0.15) is 0 Å². The molecule has 2 aromatic rings. The van der Waals surface area contributed by atoms with Crippen LogP contribution in [-0.2, 0) is 0 Å². The third-order valence-electron chi connectivity index (χ3n) is 3.90. The van der Waals surface area contributed by atoms with Crippen LogP contribution in [0.25, 0.3) is 11.4 Å². The smallest absolute Gasteiger partial charge is 0.251 e. The molecular formula is C17H18N4O. The number of amides is 1. The van der Waals surface area contributed by atoms with E-state index in [2.05, 4.69) is 20.6 Å². The molecule has 0 unspecified atom stereocenters. The molecular weight excluding hydrogens is 276 g/mol. The summed E-state index contributed by atoms with van der Waals surface area (Å²) in [4.78, 5) is 20.8. The van der Waals surface area contributed by atoms with E-state index >= 15 is 0 Å². The maximum absolute atomic E-state index is 12.0. The van der Waals surface area contributed by atoms with Crippen molar-refractivity contribution < 1.29 is 4.79 Å². The van der Waals surface area contributed by atoms with Crippen molar-refractivity contribution in [1.82, 2.24) is 15.3 Å². The fourth-order valence-corrected chi connectivity index (χ4v) is 2.28. The van der Waals surface area contributed by atoms with Crippen molar-refractivity contribution in [2.75, 3.05) is 5.32 Å². The van der Waals surface area contributed by atoms with Gasteiger partial charge in [-0.15, -0.1) is 0 Å². The fourth-order valence-electron chi connectivity index (χ4n) is 2.28. The van der Waals surface area contributed by atoms with Gasteiger partial charge in [-0.3, -0.25) is 4.79 Å². The van der Waals surface area contributed by atoms with Gasteiger partial charge in [0.25, 0.3) is 5.91 Å². The van der Waals surface area contributed by atoms with Crippen molar-refractivity contribution in [2.45, 2.75) is 37.8 Å². The van der Waals surface area contributed by atoms with Gasteiger partial charge in [-0.1, -0.05) is 12.1 Å². The molecule has 0 bridgehead atoms. The Kier molecular flexibility index (Phi) is 3.25. The highest BCUT2D eigenvalue weighted by Gasteiger charge is 2.24. The van der Waals surface area contributed by atoms with Crippen LogP contribution >= 0.6 is 0 Å². The number of aromatic nitrogens is 2. The Hall–Kier alpha value is -2.43. The predicted octanol–water partition coefficient (Wildman–Crippen LogP) is 2.61. The zero-order valence-electron chi connectivity index (χ0n) is 12.2. The van der Waals surface area contributed by atoms with Gasteiger partial charge in [0.1, 0.15) is 5.82 Å². The first-order chi connectivity index (χ1) is 10.8. The van der Waals surface area contributed by atoms with E-state index in [4.69, 9.17) is 0 Å². The van der Waals surface area contributed by atoms with Crippen LogP contribution in [0.3, 0.4) is 0 Å². The lowest BCUT2D eigenvalue weighted by atomic mass is 10.1. The van der Waals surface area contributed by atoms with Crippen molar-refractivity contribution >= 4 is 11.7 Å². The quantitative estimate of drug-likeness (QED) is 0.889. The van der Waals surface area contributed by atoms with E-state index in [0.29, 0.717) is 23.5 Å². The molecule has 1 aromatic heterocycles. The van der Waals surface area contributed by atoms with E-state index in [1.54, 1.807) is 6.20 Å². The van der Waals surface area contributed by atoms with Crippen molar-refractivity contribution in [3.63, 3.8) is 0 Å². The maximum atomic E-state index is 12.0. The van der Waals surface area contributed by atoms with Gasteiger partial charge in [-0.05, 0) is 43.9 Å². The van der Waals surface area contributed by atoms with Crippen LogP contribution in [0.1, 0.15) is 36.0 Å². The minimum Gasteiger partial charge on any atom is -0.367 e. The minimum atomic E-state index is -0.000816. The molecule has 2 aliphatic carbocycles. The number of hydrogen-bond acceptors (Lipinski definition) is 4. The van der Waals surface area contributed by atoms with Crippen LogP contribution in [0.2, 0.25) is 0 Å². The van der Waals surface area contributed by atoms with Crippen LogP contribution in [0, 0.1) is 0 Å². The zero-order valence-corrected chi connectivity index (χ0v) is 12.2. The molecule has 0 spiro atoms. The number of nitrogens with zero attached hydrogens (tertiary/aromatic N) is 2. The molecule has 2 aliphatic rings. The summed E-state index contributed by atoms with van der Waals surface area (Å²) in [6.45, 7) is 0. The molecule has 4 rings (SSSR count). The SMILES string of the molecule is O=C(NC1CC1)c1ccc(-c2nccc(NC3CC3)n2)cc1. The van der Waals surface area contributed by atoms with Gasteiger partial charge in [0.15, 0.2) is 5.82 Å². The van der Waals surface area contributed by atoms with Gasteiger partial charge in [-0.25, -0.2) is 9.97 Å². The fraction of sp³-hybridized carbons (Fsp3) is 0.353. The molecule has 0 atom stereocenters. The highest BCUT2D eigenvalue weighted by atomic mass is 16.1. The summed E-state index contributed by atoms with van der Waals surface area (Å²) in [6, 6.07) is 10.3. The number of carbonyl (C=O) groups excluding carboxylic acids is 1. The van der Waals surface area contributed by atoms with Gasteiger partial charge < -0.3 is 10.6 Å². The average Bonchev–Trinajstić information content (AvgIpc) is 3.45. The summed E-state index contributed by atoms with van der Waals surface area (Å²) < 4.78 is 0. The number of anilines is 1. The topological polar surface area (TPSA) is 66.9 Å². The molecule has 1 heterocycles. The molecule has 5 heteroatoms. The van der Waals surface area contributed by atoms with E-state index in [9.17, 15) is 4.79 Å². The first-order valence-electron chi connectivity index (χ1n) is 7.79. The van der Waals surface area contributed by atoms with Crippen LogP contribution < -0.4 is 10.6 Å². The van der Waals surface area contributed by atoms with Gasteiger partial charge >= 0.3 is 0 Å². The zero-order chi connectivity index (χ0) is 14.9. The molecule has 112 valence electrons. The lowest BCUT2D eigenvalue weighted by molar-refractivity contribution is 0.0951. The Bertz CT molecular complexity index is 690. The normalized spacial score (nSPS) is 17.1. The molecule has 5 nitrogen and oxygen atoms in total. The molecule has 22 heavy (non-hydrogen) atoms. The average molecular weight is 294 g/mol. The first kappa shape index (κ1) is 13.2.